The summed E-state index contributed by atoms with van der Waals surface area (Å²) in [6.45, 7) is 1.80. The maximum Gasteiger partial charge on any atom is 0.255 e. The summed E-state index contributed by atoms with van der Waals surface area (Å²) in [5, 5.41) is 12.1. The first-order valence-corrected chi connectivity index (χ1v) is 8.52. The average Bonchev–Trinajstić information content (AvgIpc) is 3.06. The number of benzene rings is 2. The lowest BCUT2D eigenvalue weighted by molar-refractivity contribution is 0.102. The van der Waals surface area contributed by atoms with Crippen molar-refractivity contribution in [1.29, 1.82) is 0 Å². The van der Waals surface area contributed by atoms with Gasteiger partial charge in [0.05, 0.1) is 0 Å². The zero-order valence-electron chi connectivity index (χ0n) is 13.0. The van der Waals surface area contributed by atoms with E-state index in [0.717, 1.165) is 20.4 Å². The predicted molar refractivity (Wildman–Crippen MR) is 102 cm³/mol. The van der Waals surface area contributed by atoms with Crippen LogP contribution in [0, 0.1) is 10.5 Å². The van der Waals surface area contributed by atoms with E-state index in [1.807, 2.05) is 43.3 Å². The first kappa shape index (κ1) is 16.7. The molecule has 0 radical (unpaired) electrons. The monoisotopic (exact) mass is 433 g/mol. The minimum atomic E-state index is -0.149. The Kier molecular flexibility index (Phi) is 5.01. The van der Waals surface area contributed by atoms with Gasteiger partial charge in [-0.25, -0.2) is 0 Å². The number of hydrogen-bond donors (Lipinski definition) is 2. The van der Waals surface area contributed by atoms with Crippen molar-refractivity contribution < 1.29 is 14.3 Å². The highest BCUT2D eigenvalue weighted by atomic mass is 127. The molecule has 0 atom stereocenters. The fourth-order valence-corrected chi connectivity index (χ4v) is 2.90. The van der Waals surface area contributed by atoms with Gasteiger partial charge < -0.3 is 14.8 Å². The molecule has 2 N–H and O–H groups in total. The summed E-state index contributed by atoms with van der Waals surface area (Å²) in [5.74, 6) is 1.02. The number of nitrogens with one attached hydrogen (secondary N) is 1. The molecule has 4 nitrogen and oxygen atoms in total. The second kappa shape index (κ2) is 7.19. The molecule has 2 aromatic carbocycles. The van der Waals surface area contributed by atoms with Crippen molar-refractivity contribution in [3.63, 3.8) is 0 Å². The largest absolute Gasteiger partial charge is 0.459 e. The molecular weight excluding hydrogens is 417 g/mol. The predicted octanol–water partition coefficient (Wildman–Crippen LogP) is 4.60. The molecule has 0 spiro atoms. The van der Waals surface area contributed by atoms with E-state index >= 15 is 0 Å². The Morgan fingerprint density at radius 1 is 1.17 bits per heavy atom. The third-order valence-electron chi connectivity index (χ3n) is 3.67. The normalized spacial score (nSPS) is 10.6. The van der Waals surface area contributed by atoms with Crippen LogP contribution < -0.4 is 5.32 Å². The number of aliphatic hydroxyl groups is 1. The van der Waals surface area contributed by atoms with Crippen LogP contribution in [0.3, 0.4) is 0 Å². The van der Waals surface area contributed by atoms with Crippen molar-refractivity contribution in [2.45, 2.75) is 13.5 Å². The van der Waals surface area contributed by atoms with E-state index < -0.39 is 0 Å². The van der Waals surface area contributed by atoms with Crippen molar-refractivity contribution in [2.75, 3.05) is 5.32 Å². The quantitative estimate of drug-likeness (QED) is 0.592. The Hall–Kier alpha value is -2.12. The van der Waals surface area contributed by atoms with E-state index in [1.54, 1.807) is 18.2 Å². The topological polar surface area (TPSA) is 62.5 Å². The van der Waals surface area contributed by atoms with E-state index in [2.05, 4.69) is 27.9 Å². The van der Waals surface area contributed by atoms with Crippen LogP contribution in [-0.2, 0) is 6.61 Å². The third-order valence-corrected chi connectivity index (χ3v) is 4.35. The summed E-state index contributed by atoms with van der Waals surface area (Å²) >= 11 is 2.18. The van der Waals surface area contributed by atoms with E-state index in [9.17, 15) is 4.79 Å². The SMILES string of the molecule is Cc1ccc(-c2ccc(CO)o2)cc1NC(=O)c1cccc(I)c1. The van der Waals surface area contributed by atoms with Crippen LogP contribution in [0.4, 0.5) is 5.69 Å². The molecule has 0 fully saturated rings. The second-order valence-corrected chi connectivity index (χ2v) is 6.66. The number of amides is 1. The van der Waals surface area contributed by atoms with Crippen LogP contribution in [0.25, 0.3) is 11.3 Å². The van der Waals surface area contributed by atoms with E-state index in [-0.39, 0.29) is 12.5 Å². The lowest BCUT2D eigenvalue weighted by atomic mass is 10.1. The molecule has 0 aliphatic rings. The van der Waals surface area contributed by atoms with Crippen LogP contribution in [0.2, 0.25) is 0 Å². The van der Waals surface area contributed by atoms with Crippen LogP contribution >= 0.6 is 22.6 Å². The molecule has 122 valence electrons. The Bertz CT molecular complexity index is 886. The smallest absolute Gasteiger partial charge is 0.255 e. The van der Waals surface area contributed by atoms with Gasteiger partial charge in [-0.05, 0) is 71.5 Å². The Morgan fingerprint density at radius 3 is 2.71 bits per heavy atom. The summed E-state index contributed by atoms with van der Waals surface area (Å²) in [6, 6.07) is 16.7. The molecule has 3 aromatic rings. The number of aliphatic hydroxyl groups excluding tert-OH is 1. The van der Waals surface area contributed by atoms with Gasteiger partial charge in [0, 0.05) is 20.4 Å². The molecule has 5 heteroatoms. The van der Waals surface area contributed by atoms with Gasteiger partial charge >= 0.3 is 0 Å². The molecule has 1 heterocycles. The summed E-state index contributed by atoms with van der Waals surface area (Å²) < 4.78 is 6.57. The van der Waals surface area contributed by atoms with E-state index in [4.69, 9.17) is 9.52 Å². The molecule has 0 bridgehead atoms. The van der Waals surface area contributed by atoms with Crippen molar-refractivity contribution >= 4 is 34.2 Å². The van der Waals surface area contributed by atoms with Gasteiger partial charge in [0.15, 0.2) is 0 Å². The number of furan rings is 1. The molecule has 0 saturated heterocycles. The Morgan fingerprint density at radius 2 is 2.00 bits per heavy atom. The highest BCUT2D eigenvalue weighted by Gasteiger charge is 2.11. The molecule has 0 aliphatic carbocycles. The molecule has 0 saturated carbocycles. The van der Waals surface area contributed by atoms with Crippen molar-refractivity contribution in [2.24, 2.45) is 0 Å². The van der Waals surface area contributed by atoms with Gasteiger partial charge in [-0.1, -0.05) is 18.2 Å². The number of hydrogen-bond acceptors (Lipinski definition) is 3. The van der Waals surface area contributed by atoms with Gasteiger partial charge in [0.1, 0.15) is 18.1 Å². The summed E-state index contributed by atoms with van der Waals surface area (Å²) in [5.41, 5.74) is 3.16. The Labute approximate surface area is 153 Å². The lowest BCUT2D eigenvalue weighted by Gasteiger charge is -2.10. The average molecular weight is 433 g/mol. The maximum atomic E-state index is 12.4. The van der Waals surface area contributed by atoms with Gasteiger partial charge in [0.25, 0.3) is 5.91 Å². The van der Waals surface area contributed by atoms with Crippen LogP contribution in [0.1, 0.15) is 21.7 Å². The van der Waals surface area contributed by atoms with Gasteiger partial charge in [0.2, 0.25) is 0 Å². The lowest BCUT2D eigenvalue weighted by Crippen LogP contribution is -2.12. The molecule has 24 heavy (non-hydrogen) atoms. The number of aryl methyl sites for hydroxylation is 1. The summed E-state index contributed by atoms with van der Waals surface area (Å²) in [4.78, 5) is 12.4. The van der Waals surface area contributed by atoms with Crippen molar-refractivity contribution in [1.82, 2.24) is 0 Å². The standard InChI is InChI=1S/C19H16INO3/c1-12-5-6-13(18-8-7-16(11-22)24-18)10-17(12)21-19(23)14-3-2-4-15(20)9-14/h2-10,22H,11H2,1H3,(H,21,23). The second-order valence-electron chi connectivity index (χ2n) is 5.42. The fraction of sp³-hybridized carbons (Fsp3) is 0.105. The molecule has 0 aliphatic heterocycles. The first-order valence-electron chi connectivity index (χ1n) is 7.44. The first-order chi connectivity index (χ1) is 11.6. The van der Waals surface area contributed by atoms with Crippen molar-refractivity contribution in [3.05, 3.63) is 75.1 Å². The molecular formula is C19H16INO3. The van der Waals surface area contributed by atoms with Gasteiger partial charge in [-0.15, -0.1) is 0 Å². The number of anilines is 1. The zero-order valence-corrected chi connectivity index (χ0v) is 15.2. The number of carbonyl (C=O) groups is 1. The minimum Gasteiger partial charge on any atom is -0.459 e. The fourth-order valence-electron chi connectivity index (χ4n) is 2.35. The molecule has 3 rings (SSSR count). The van der Waals surface area contributed by atoms with Crippen LogP contribution in [-0.4, -0.2) is 11.0 Å². The number of halogens is 1. The molecule has 1 amide bonds. The van der Waals surface area contributed by atoms with Gasteiger partial charge in [-0.2, -0.15) is 0 Å². The summed E-state index contributed by atoms with van der Waals surface area (Å²) in [7, 11) is 0. The minimum absolute atomic E-state index is 0.137. The van der Waals surface area contributed by atoms with E-state index in [1.165, 1.54) is 0 Å². The van der Waals surface area contributed by atoms with Crippen LogP contribution in [0.5, 0.6) is 0 Å². The van der Waals surface area contributed by atoms with E-state index in [0.29, 0.717) is 17.1 Å². The van der Waals surface area contributed by atoms with Crippen molar-refractivity contribution in [3.8, 4) is 11.3 Å². The molecule has 0 unspecified atom stereocenters. The highest BCUT2D eigenvalue weighted by molar-refractivity contribution is 14.1. The maximum absolute atomic E-state index is 12.4. The van der Waals surface area contributed by atoms with Gasteiger partial charge in [-0.3, -0.25) is 4.79 Å². The zero-order chi connectivity index (χ0) is 17.1. The summed E-state index contributed by atoms with van der Waals surface area (Å²) in [6.07, 6.45) is 0. The molecule has 1 aromatic heterocycles. The number of rotatable bonds is 4. The third kappa shape index (κ3) is 3.68. The number of carbonyl (C=O) groups excluding carboxylic acids is 1. The highest BCUT2D eigenvalue weighted by Crippen LogP contribution is 2.27. The Balaban J connectivity index is 1.87. The van der Waals surface area contributed by atoms with Crippen LogP contribution in [0.15, 0.2) is 59.0 Å².